The summed E-state index contributed by atoms with van der Waals surface area (Å²) in [5.74, 6) is 0.0371. The van der Waals surface area contributed by atoms with E-state index in [2.05, 4.69) is 0 Å². The molecule has 0 spiro atoms. The molecule has 2 N–H and O–H groups in total. The monoisotopic (exact) mass is 268 g/mol. The first-order valence-corrected chi connectivity index (χ1v) is 7.89. The van der Waals surface area contributed by atoms with Crippen LogP contribution in [0.4, 0.5) is 0 Å². The fourth-order valence-electron chi connectivity index (χ4n) is 2.04. The highest BCUT2D eigenvalue weighted by Gasteiger charge is 2.36. The number of sulfonamides is 1. The minimum atomic E-state index is -3.22. The Balaban J connectivity index is 2.20. The van der Waals surface area contributed by atoms with Gasteiger partial charge in [0.1, 0.15) is 0 Å². The molecule has 100 valence electrons. The van der Waals surface area contributed by atoms with E-state index >= 15 is 0 Å². The second-order valence-electron chi connectivity index (χ2n) is 4.81. The molecule has 0 heterocycles. The highest BCUT2D eigenvalue weighted by Crippen LogP contribution is 2.31. The Kier molecular flexibility index (Phi) is 4.04. The van der Waals surface area contributed by atoms with Crippen molar-refractivity contribution in [3.63, 3.8) is 0 Å². The smallest absolute Gasteiger partial charge is 0.215 e. The minimum Gasteiger partial charge on any atom is -0.329 e. The van der Waals surface area contributed by atoms with Crippen LogP contribution in [0.25, 0.3) is 0 Å². The van der Waals surface area contributed by atoms with Crippen LogP contribution in [-0.2, 0) is 16.6 Å². The van der Waals surface area contributed by atoms with Crippen LogP contribution in [-0.4, -0.2) is 31.1 Å². The molecule has 1 aromatic carbocycles. The van der Waals surface area contributed by atoms with Crippen LogP contribution >= 0.6 is 0 Å². The number of rotatable bonds is 6. The van der Waals surface area contributed by atoms with Gasteiger partial charge < -0.3 is 5.73 Å². The van der Waals surface area contributed by atoms with Crippen LogP contribution in [0, 0.1) is 6.92 Å². The van der Waals surface area contributed by atoms with E-state index in [9.17, 15) is 8.42 Å². The molecule has 0 amide bonds. The lowest BCUT2D eigenvalue weighted by Crippen LogP contribution is -2.36. The van der Waals surface area contributed by atoms with Crippen molar-refractivity contribution in [2.45, 2.75) is 32.4 Å². The van der Waals surface area contributed by atoms with E-state index in [1.807, 2.05) is 31.2 Å². The van der Waals surface area contributed by atoms with Gasteiger partial charge in [0.05, 0.1) is 5.75 Å². The fourth-order valence-corrected chi connectivity index (χ4v) is 3.57. The molecule has 1 fully saturated rings. The summed E-state index contributed by atoms with van der Waals surface area (Å²) in [6.45, 7) is 2.66. The molecule has 1 aliphatic carbocycles. The van der Waals surface area contributed by atoms with Crippen molar-refractivity contribution >= 4 is 10.0 Å². The van der Waals surface area contributed by atoms with Gasteiger partial charge in [-0.25, -0.2) is 8.42 Å². The van der Waals surface area contributed by atoms with Gasteiger partial charge >= 0.3 is 0 Å². The zero-order chi connectivity index (χ0) is 13.2. The Morgan fingerprint density at radius 3 is 2.56 bits per heavy atom. The van der Waals surface area contributed by atoms with Gasteiger partial charge in [-0.05, 0) is 30.9 Å². The summed E-state index contributed by atoms with van der Waals surface area (Å²) in [4.78, 5) is 0. The predicted molar refractivity (Wildman–Crippen MR) is 72.6 cm³/mol. The third-order valence-corrected chi connectivity index (χ3v) is 5.17. The highest BCUT2D eigenvalue weighted by atomic mass is 32.2. The number of hydrogen-bond donors (Lipinski definition) is 1. The van der Waals surface area contributed by atoms with Crippen LogP contribution in [0.2, 0.25) is 0 Å². The van der Waals surface area contributed by atoms with Crippen molar-refractivity contribution in [1.82, 2.24) is 4.31 Å². The van der Waals surface area contributed by atoms with E-state index < -0.39 is 10.0 Å². The number of nitrogens with two attached hydrogens (primary N) is 1. The summed E-state index contributed by atoms with van der Waals surface area (Å²) in [5, 5.41) is 0. The third kappa shape index (κ3) is 3.10. The maximum absolute atomic E-state index is 12.2. The molecule has 0 saturated heterocycles. The molecule has 1 aliphatic rings. The van der Waals surface area contributed by atoms with E-state index in [0.717, 1.165) is 24.0 Å². The number of hydrogen-bond acceptors (Lipinski definition) is 3. The molecule has 0 bridgehead atoms. The number of nitrogens with zero attached hydrogens (tertiary/aromatic N) is 1. The van der Waals surface area contributed by atoms with Crippen LogP contribution in [0.15, 0.2) is 24.3 Å². The van der Waals surface area contributed by atoms with Gasteiger partial charge in [0, 0.05) is 19.1 Å². The van der Waals surface area contributed by atoms with Gasteiger partial charge in [-0.3, -0.25) is 0 Å². The molecular formula is C13H20N2O2S. The molecule has 0 aromatic heterocycles. The molecule has 4 nitrogen and oxygen atoms in total. The van der Waals surface area contributed by atoms with Crippen molar-refractivity contribution in [3.05, 3.63) is 35.4 Å². The van der Waals surface area contributed by atoms with Gasteiger partial charge in [-0.15, -0.1) is 0 Å². The summed E-state index contributed by atoms with van der Waals surface area (Å²) in [6.07, 6.45) is 1.94. The largest absolute Gasteiger partial charge is 0.329 e. The van der Waals surface area contributed by atoms with Gasteiger partial charge in [-0.1, -0.05) is 24.3 Å². The lowest BCUT2D eigenvalue weighted by atomic mass is 10.1. The van der Waals surface area contributed by atoms with Crippen LogP contribution in [0.1, 0.15) is 24.0 Å². The quantitative estimate of drug-likeness (QED) is 0.844. The van der Waals surface area contributed by atoms with Gasteiger partial charge in [0.2, 0.25) is 10.0 Å². The van der Waals surface area contributed by atoms with Crippen LogP contribution < -0.4 is 5.73 Å². The van der Waals surface area contributed by atoms with E-state index in [-0.39, 0.29) is 18.3 Å². The topological polar surface area (TPSA) is 63.4 Å². The molecule has 0 atom stereocenters. The average Bonchev–Trinajstić information content (AvgIpc) is 3.11. The second kappa shape index (κ2) is 5.38. The minimum absolute atomic E-state index is 0.0371. The van der Waals surface area contributed by atoms with Crippen LogP contribution in [0.3, 0.4) is 0 Å². The summed E-state index contributed by atoms with van der Waals surface area (Å²) in [6, 6.07) is 8.09. The van der Waals surface area contributed by atoms with E-state index in [1.54, 1.807) is 4.31 Å². The molecule has 18 heavy (non-hydrogen) atoms. The van der Waals surface area contributed by atoms with Crippen molar-refractivity contribution in [3.8, 4) is 0 Å². The molecular weight excluding hydrogens is 248 g/mol. The number of benzene rings is 1. The Morgan fingerprint density at radius 2 is 2.00 bits per heavy atom. The van der Waals surface area contributed by atoms with Crippen LogP contribution in [0.5, 0.6) is 0 Å². The van der Waals surface area contributed by atoms with Gasteiger partial charge in [0.25, 0.3) is 0 Å². The molecule has 0 unspecified atom stereocenters. The summed E-state index contributed by atoms with van der Waals surface area (Å²) in [7, 11) is -3.22. The summed E-state index contributed by atoms with van der Waals surface area (Å²) >= 11 is 0. The first-order valence-electron chi connectivity index (χ1n) is 6.28. The van der Waals surface area contributed by atoms with E-state index in [4.69, 9.17) is 5.73 Å². The molecule has 1 saturated carbocycles. The Bertz CT molecular complexity index is 509. The maximum atomic E-state index is 12.2. The first-order chi connectivity index (χ1) is 8.54. The van der Waals surface area contributed by atoms with Gasteiger partial charge in [-0.2, -0.15) is 4.31 Å². The molecule has 0 aliphatic heterocycles. The molecule has 2 rings (SSSR count). The lowest BCUT2D eigenvalue weighted by Gasteiger charge is -2.22. The normalized spacial score (nSPS) is 16.2. The SMILES string of the molecule is Cc1ccccc1CN(C1CC1)S(=O)(=O)CCN. The molecule has 0 radical (unpaired) electrons. The highest BCUT2D eigenvalue weighted by molar-refractivity contribution is 7.89. The van der Waals surface area contributed by atoms with Crippen molar-refractivity contribution in [2.75, 3.05) is 12.3 Å². The average molecular weight is 268 g/mol. The van der Waals surface area contributed by atoms with E-state index in [1.165, 1.54) is 0 Å². The summed E-state index contributed by atoms with van der Waals surface area (Å²) in [5.41, 5.74) is 7.60. The standard InChI is InChI=1S/C13H20N2O2S/c1-11-4-2-3-5-12(11)10-15(13-6-7-13)18(16,17)9-8-14/h2-5,13H,6-10,14H2,1H3. The zero-order valence-electron chi connectivity index (χ0n) is 10.7. The lowest BCUT2D eigenvalue weighted by molar-refractivity contribution is 0.398. The Hall–Kier alpha value is -0.910. The Labute approximate surface area is 109 Å². The van der Waals surface area contributed by atoms with Crippen molar-refractivity contribution < 1.29 is 8.42 Å². The predicted octanol–water partition coefficient (Wildman–Crippen LogP) is 1.25. The molecule has 1 aromatic rings. The second-order valence-corrected chi connectivity index (χ2v) is 6.85. The zero-order valence-corrected chi connectivity index (χ0v) is 11.5. The van der Waals surface area contributed by atoms with E-state index in [0.29, 0.717) is 6.54 Å². The fraction of sp³-hybridized carbons (Fsp3) is 0.538. The molecule has 5 heteroatoms. The Morgan fingerprint density at radius 1 is 1.33 bits per heavy atom. The maximum Gasteiger partial charge on any atom is 0.215 e. The number of aryl methyl sites for hydroxylation is 1. The van der Waals surface area contributed by atoms with Crippen molar-refractivity contribution in [1.29, 1.82) is 0 Å². The summed E-state index contributed by atoms with van der Waals surface area (Å²) < 4.78 is 26.0. The first kappa shape index (κ1) is 13.5. The third-order valence-electron chi connectivity index (χ3n) is 3.27. The van der Waals surface area contributed by atoms with Crippen molar-refractivity contribution in [2.24, 2.45) is 5.73 Å². The van der Waals surface area contributed by atoms with Gasteiger partial charge in [0.15, 0.2) is 0 Å².